The summed E-state index contributed by atoms with van der Waals surface area (Å²) in [6.45, 7) is 0. The van der Waals surface area contributed by atoms with E-state index in [1.54, 1.807) is 0 Å². The number of nitrogens with two attached hydrogens (primary N) is 2. The molecular weight excluding hydrogens is 297 g/mol. The summed E-state index contributed by atoms with van der Waals surface area (Å²) >= 11 is 0. The number of methoxy groups -OCH3 is 1. The predicted molar refractivity (Wildman–Crippen MR) is 78.2 cm³/mol. The Morgan fingerprint density at radius 2 is 2.00 bits per heavy atom. The maximum atomic E-state index is 11.2. The summed E-state index contributed by atoms with van der Waals surface area (Å²) in [7, 11) is -2.79. The van der Waals surface area contributed by atoms with Gasteiger partial charge in [-0.1, -0.05) is 18.2 Å². The fourth-order valence-corrected chi connectivity index (χ4v) is 1.77. The van der Waals surface area contributed by atoms with E-state index in [1.807, 2.05) is 30.5 Å². The number of H-pyrrole nitrogens is 1. The number of hydrogen-bond acceptors (Lipinski definition) is 4. The molecule has 0 aliphatic carbocycles. The third-order valence-electron chi connectivity index (χ3n) is 2.62. The molecule has 7 N–H and O–H groups in total. The topological polar surface area (TPSA) is 152 Å². The molecule has 0 aliphatic rings. The van der Waals surface area contributed by atoms with Gasteiger partial charge in [0.15, 0.2) is 0 Å². The first-order valence-electron chi connectivity index (χ1n) is 5.95. The Labute approximate surface area is 121 Å². The molecule has 0 aliphatic heterocycles. The van der Waals surface area contributed by atoms with Crippen LogP contribution in [0.15, 0.2) is 30.5 Å². The van der Waals surface area contributed by atoms with Crippen molar-refractivity contribution in [2.45, 2.75) is 12.5 Å². The van der Waals surface area contributed by atoms with Gasteiger partial charge in [-0.05, 0) is 11.6 Å². The van der Waals surface area contributed by atoms with Gasteiger partial charge in [-0.25, -0.2) is 10.1 Å². The van der Waals surface area contributed by atoms with Gasteiger partial charge < -0.3 is 25.2 Å². The third-order valence-corrected chi connectivity index (χ3v) is 2.62. The average Bonchev–Trinajstić information content (AvgIpc) is 2.79. The van der Waals surface area contributed by atoms with E-state index in [0.717, 1.165) is 16.5 Å². The normalized spacial score (nSPS) is 12.4. The number of carbonyl (C=O) groups excluding carboxylic acids is 1. The number of benzene rings is 1. The number of esters is 1. The van der Waals surface area contributed by atoms with Gasteiger partial charge in [0, 0.05) is 23.5 Å². The lowest BCUT2D eigenvalue weighted by atomic mass is 10.1. The van der Waals surface area contributed by atoms with Crippen LogP contribution in [0.25, 0.3) is 10.9 Å². The molecule has 21 heavy (non-hydrogen) atoms. The van der Waals surface area contributed by atoms with Crippen LogP contribution in [-0.2, 0) is 20.5 Å². The number of ether oxygens (including phenoxy) is 1. The van der Waals surface area contributed by atoms with E-state index in [2.05, 4.69) is 15.2 Å². The van der Waals surface area contributed by atoms with Crippen molar-refractivity contribution in [3.63, 3.8) is 0 Å². The molecule has 0 bridgehead atoms. The van der Waals surface area contributed by atoms with E-state index in [-0.39, 0.29) is 5.97 Å². The van der Waals surface area contributed by atoms with Gasteiger partial charge in [0.2, 0.25) is 0 Å². The van der Waals surface area contributed by atoms with E-state index >= 15 is 0 Å². The standard InChI is InChI=1S/C12H14N2O2.H4NO3P/c1-16-12(15)10(13)6-8-7-14-11-5-3-2-4-9(8)11;1-5(2,3)4/h2-5,7,10,14H,6,13H2,1H3;(H4,1,2,3,4). The Morgan fingerprint density at radius 3 is 2.57 bits per heavy atom. The minimum Gasteiger partial charge on any atom is -0.468 e. The molecule has 9 heteroatoms. The molecule has 0 radical (unpaired) electrons. The first kappa shape index (κ1) is 17.4. The molecule has 116 valence electrons. The maximum Gasteiger partial charge on any atom is 0.397 e. The summed E-state index contributed by atoms with van der Waals surface area (Å²) in [6, 6.07) is 7.31. The number of aromatic nitrogens is 1. The lowest BCUT2D eigenvalue weighted by Gasteiger charge is -2.07. The molecule has 0 amide bonds. The zero-order valence-corrected chi connectivity index (χ0v) is 12.3. The van der Waals surface area contributed by atoms with Crippen molar-refractivity contribution in [3.05, 3.63) is 36.0 Å². The van der Waals surface area contributed by atoms with E-state index in [1.165, 1.54) is 7.11 Å². The Morgan fingerprint density at radius 1 is 1.43 bits per heavy atom. The Balaban J connectivity index is 0.000000383. The van der Waals surface area contributed by atoms with Crippen molar-refractivity contribution >= 4 is 24.6 Å². The van der Waals surface area contributed by atoms with Gasteiger partial charge in [-0.15, -0.1) is 0 Å². The van der Waals surface area contributed by atoms with Crippen molar-refractivity contribution in [2.75, 3.05) is 7.11 Å². The highest BCUT2D eigenvalue weighted by Crippen LogP contribution is 2.20. The highest BCUT2D eigenvalue weighted by molar-refractivity contribution is 7.49. The molecule has 1 aromatic heterocycles. The van der Waals surface area contributed by atoms with Crippen LogP contribution in [0.1, 0.15) is 5.56 Å². The van der Waals surface area contributed by atoms with Crippen LogP contribution in [0.4, 0.5) is 0 Å². The molecule has 1 unspecified atom stereocenters. The molecule has 0 saturated heterocycles. The number of fused-ring (bicyclic) bond motifs is 1. The van der Waals surface area contributed by atoms with Crippen LogP contribution in [0.5, 0.6) is 0 Å². The van der Waals surface area contributed by atoms with E-state index < -0.39 is 13.8 Å². The van der Waals surface area contributed by atoms with E-state index in [4.69, 9.17) is 20.1 Å². The zero-order chi connectivity index (χ0) is 16.0. The quantitative estimate of drug-likeness (QED) is 0.402. The molecular formula is C12H18N3O5P. The smallest absolute Gasteiger partial charge is 0.397 e. The van der Waals surface area contributed by atoms with Gasteiger partial charge in [-0.3, -0.25) is 4.79 Å². The van der Waals surface area contributed by atoms with E-state index in [9.17, 15) is 4.79 Å². The van der Waals surface area contributed by atoms with E-state index in [0.29, 0.717) is 6.42 Å². The molecule has 0 saturated carbocycles. The number of rotatable bonds is 3. The number of nitrogens with one attached hydrogen (secondary N) is 1. The summed E-state index contributed by atoms with van der Waals surface area (Å²) in [5, 5.41) is 1.10. The summed E-state index contributed by atoms with van der Waals surface area (Å²) in [5.74, 6) is -0.384. The summed E-state index contributed by atoms with van der Waals surface area (Å²) in [4.78, 5) is 29.2. The first-order chi connectivity index (χ1) is 9.72. The molecule has 1 aromatic carbocycles. The van der Waals surface area contributed by atoms with Crippen LogP contribution in [0, 0.1) is 0 Å². The second-order valence-corrected chi connectivity index (χ2v) is 5.46. The molecule has 0 spiro atoms. The van der Waals surface area contributed by atoms with Crippen molar-refractivity contribution in [3.8, 4) is 0 Å². The number of aromatic amines is 1. The Kier molecular flexibility index (Phi) is 6.07. The Hall–Kier alpha value is -1.70. The predicted octanol–water partition coefficient (Wildman–Crippen LogP) is 0.248. The van der Waals surface area contributed by atoms with Crippen molar-refractivity contribution in [1.29, 1.82) is 0 Å². The number of para-hydroxylation sites is 1. The van der Waals surface area contributed by atoms with Crippen LogP contribution in [0.2, 0.25) is 0 Å². The largest absolute Gasteiger partial charge is 0.468 e. The van der Waals surface area contributed by atoms with Crippen LogP contribution in [0.3, 0.4) is 0 Å². The highest BCUT2D eigenvalue weighted by atomic mass is 31.2. The lowest BCUT2D eigenvalue weighted by molar-refractivity contribution is -0.142. The van der Waals surface area contributed by atoms with Crippen molar-refractivity contribution < 1.29 is 23.9 Å². The molecule has 1 heterocycles. The van der Waals surface area contributed by atoms with Gasteiger partial charge in [-0.2, -0.15) is 0 Å². The minimum absolute atomic E-state index is 0.384. The zero-order valence-electron chi connectivity index (χ0n) is 11.4. The molecule has 2 aromatic rings. The van der Waals surface area contributed by atoms with Gasteiger partial charge in [0.05, 0.1) is 7.11 Å². The average molecular weight is 315 g/mol. The fraction of sp³-hybridized carbons (Fsp3) is 0.250. The molecule has 2 rings (SSSR count). The molecule has 0 fully saturated rings. The summed E-state index contributed by atoms with van der Waals surface area (Å²) < 4.78 is 13.7. The SMILES string of the molecule is COC(=O)C(N)Cc1c[nH]c2ccccc12.NP(=O)(O)O. The van der Waals surface area contributed by atoms with Gasteiger partial charge in [0.25, 0.3) is 0 Å². The van der Waals surface area contributed by atoms with Crippen molar-refractivity contribution in [1.82, 2.24) is 4.98 Å². The number of hydrogen-bond donors (Lipinski definition) is 5. The second kappa shape index (κ2) is 7.35. The fourth-order valence-electron chi connectivity index (χ4n) is 1.77. The maximum absolute atomic E-state index is 11.2. The monoisotopic (exact) mass is 315 g/mol. The molecule has 1 atom stereocenters. The second-order valence-electron chi connectivity index (χ2n) is 4.28. The van der Waals surface area contributed by atoms with Crippen molar-refractivity contribution in [2.24, 2.45) is 11.2 Å². The molecule has 8 nitrogen and oxygen atoms in total. The van der Waals surface area contributed by atoms with Crippen LogP contribution in [-0.4, -0.2) is 33.9 Å². The minimum atomic E-state index is -4.14. The highest BCUT2D eigenvalue weighted by Gasteiger charge is 2.16. The summed E-state index contributed by atoms with van der Waals surface area (Å²) in [5.41, 5.74) is 11.8. The Bertz CT molecular complexity index is 643. The number of carbonyl (C=O) groups is 1. The summed E-state index contributed by atoms with van der Waals surface area (Å²) in [6.07, 6.45) is 2.37. The van der Waals surface area contributed by atoms with Gasteiger partial charge in [0.1, 0.15) is 6.04 Å². The lowest BCUT2D eigenvalue weighted by Crippen LogP contribution is -2.33. The van der Waals surface area contributed by atoms with Crippen LogP contribution < -0.4 is 11.2 Å². The van der Waals surface area contributed by atoms with Gasteiger partial charge >= 0.3 is 13.7 Å². The third kappa shape index (κ3) is 6.07. The van der Waals surface area contributed by atoms with Crippen LogP contribution >= 0.6 is 7.75 Å². The first-order valence-corrected chi connectivity index (χ1v) is 7.63.